The first-order chi connectivity index (χ1) is 11.5. The third-order valence-corrected chi connectivity index (χ3v) is 3.68. The molecule has 0 unspecified atom stereocenters. The first-order valence-corrected chi connectivity index (χ1v) is 7.70. The summed E-state index contributed by atoms with van der Waals surface area (Å²) >= 11 is 0. The van der Waals surface area contributed by atoms with E-state index in [1.54, 1.807) is 12.1 Å². The Morgan fingerprint density at radius 1 is 1.25 bits per heavy atom. The van der Waals surface area contributed by atoms with Gasteiger partial charge in [0, 0.05) is 6.08 Å². The molecule has 2 rings (SSSR count). The van der Waals surface area contributed by atoms with Crippen LogP contribution in [0.25, 0.3) is 6.08 Å². The van der Waals surface area contributed by atoms with Gasteiger partial charge in [0.1, 0.15) is 5.76 Å². The summed E-state index contributed by atoms with van der Waals surface area (Å²) in [6.45, 7) is 5.63. The van der Waals surface area contributed by atoms with E-state index in [0.29, 0.717) is 5.76 Å². The highest BCUT2D eigenvalue weighted by atomic mass is 16.5. The van der Waals surface area contributed by atoms with E-state index in [4.69, 9.17) is 9.15 Å². The molecule has 0 spiro atoms. The topological polar surface area (TPSA) is 68.5 Å². The third-order valence-electron chi connectivity index (χ3n) is 3.68. The molecule has 0 radical (unpaired) electrons. The van der Waals surface area contributed by atoms with Gasteiger partial charge in [0.2, 0.25) is 0 Å². The van der Waals surface area contributed by atoms with Crippen LogP contribution in [0.1, 0.15) is 35.4 Å². The van der Waals surface area contributed by atoms with Gasteiger partial charge in [0.05, 0.1) is 12.3 Å². The zero-order valence-corrected chi connectivity index (χ0v) is 14.0. The predicted octanol–water partition coefficient (Wildman–Crippen LogP) is 3.33. The second-order valence-electron chi connectivity index (χ2n) is 5.59. The molecule has 126 valence electrons. The van der Waals surface area contributed by atoms with Crippen molar-refractivity contribution in [3.63, 3.8) is 0 Å². The first kappa shape index (κ1) is 17.5. The average molecular weight is 327 g/mol. The number of aryl methyl sites for hydroxylation is 2. The number of hydrogen-bond donors (Lipinski definition) is 1. The van der Waals surface area contributed by atoms with Crippen molar-refractivity contribution in [2.45, 2.75) is 26.8 Å². The third kappa shape index (κ3) is 5.12. The molecule has 0 fully saturated rings. The number of furan rings is 1. The van der Waals surface area contributed by atoms with E-state index in [9.17, 15) is 9.59 Å². The molecule has 1 aromatic heterocycles. The minimum absolute atomic E-state index is 0.158. The van der Waals surface area contributed by atoms with Crippen molar-refractivity contribution < 1.29 is 18.7 Å². The Labute approximate surface area is 141 Å². The van der Waals surface area contributed by atoms with Crippen molar-refractivity contribution in [2.75, 3.05) is 6.61 Å². The lowest BCUT2D eigenvalue weighted by Gasteiger charge is -2.15. The van der Waals surface area contributed by atoms with Crippen LogP contribution in [-0.2, 0) is 14.3 Å². The number of benzene rings is 1. The smallest absolute Gasteiger partial charge is 0.331 e. The maximum absolute atomic E-state index is 11.9. The number of rotatable bonds is 6. The molecule has 1 atom stereocenters. The lowest BCUT2D eigenvalue weighted by molar-refractivity contribution is -0.144. The lowest BCUT2D eigenvalue weighted by Crippen LogP contribution is -2.31. The van der Waals surface area contributed by atoms with E-state index < -0.39 is 5.97 Å². The molecule has 1 amide bonds. The maximum atomic E-state index is 11.9. The van der Waals surface area contributed by atoms with Gasteiger partial charge >= 0.3 is 5.97 Å². The summed E-state index contributed by atoms with van der Waals surface area (Å²) < 4.78 is 9.96. The van der Waals surface area contributed by atoms with Gasteiger partial charge in [-0.1, -0.05) is 18.2 Å². The van der Waals surface area contributed by atoms with Gasteiger partial charge < -0.3 is 14.5 Å². The summed E-state index contributed by atoms with van der Waals surface area (Å²) in [6, 6.07) is 9.31. The van der Waals surface area contributed by atoms with Crippen LogP contribution in [0.4, 0.5) is 0 Å². The molecule has 1 N–H and O–H groups in total. The van der Waals surface area contributed by atoms with Crippen LogP contribution in [0.15, 0.2) is 47.1 Å². The van der Waals surface area contributed by atoms with Crippen molar-refractivity contribution in [3.05, 3.63) is 65.1 Å². The molecule has 1 heterocycles. The van der Waals surface area contributed by atoms with Gasteiger partial charge in [-0.3, -0.25) is 4.79 Å². The fourth-order valence-corrected chi connectivity index (χ4v) is 2.12. The zero-order chi connectivity index (χ0) is 17.5. The second kappa shape index (κ2) is 8.15. The molecule has 0 saturated heterocycles. The van der Waals surface area contributed by atoms with E-state index in [1.807, 2.05) is 39.0 Å². The van der Waals surface area contributed by atoms with Gasteiger partial charge in [-0.25, -0.2) is 4.79 Å². The number of carbonyl (C=O) groups is 2. The predicted molar refractivity (Wildman–Crippen MR) is 91.2 cm³/mol. The van der Waals surface area contributed by atoms with Gasteiger partial charge in [-0.15, -0.1) is 0 Å². The molecule has 5 nitrogen and oxygen atoms in total. The summed E-state index contributed by atoms with van der Waals surface area (Å²) in [5.41, 5.74) is 3.38. The van der Waals surface area contributed by atoms with Gasteiger partial charge in [0.15, 0.2) is 6.61 Å². The first-order valence-electron chi connectivity index (χ1n) is 7.70. The maximum Gasteiger partial charge on any atom is 0.331 e. The minimum atomic E-state index is -0.597. The highest BCUT2D eigenvalue weighted by Crippen LogP contribution is 2.16. The monoisotopic (exact) mass is 327 g/mol. The number of ether oxygens (including phenoxy) is 1. The molecule has 5 heteroatoms. The van der Waals surface area contributed by atoms with Crippen LogP contribution in [0.3, 0.4) is 0 Å². The molecule has 0 aliphatic heterocycles. The van der Waals surface area contributed by atoms with Crippen LogP contribution in [-0.4, -0.2) is 18.5 Å². The van der Waals surface area contributed by atoms with E-state index in [1.165, 1.54) is 29.5 Å². The van der Waals surface area contributed by atoms with E-state index in [2.05, 4.69) is 5.32 Å². The highest BCUT2D eigenvalue weighted by molar-refractivity contribution is 5.89. The summed E-state index contributed by atoms with van der Waals surface area (Å²) in [6.07, 6.45) is 4.21. The van der Waals surface area contributed by atoms with E-state index >= 15 is 0 Å². The Morgan fingerprint density at radius 3 is 2.71 bits per heavy atom. The Hall–Kier alpha value is -2.82. The van der Waals surface area contributed by atoms with Crippen LogP contribution in [0, 0.1) is 13.8 Å². The standard InChI is InChI=1S/C19H21NO4/c1-13-6-7-16(11-14(13)2)15(3)20-18(21)12-24-19(22)9-8-17-5-4-10-23-17/h4-11,15H,12H2,1-3H3,(H,20,21)/b9-8+/t15-/m0/s1. The van der Waals surface area contributed by atoms with Crippen LogP contribution >= 0.6 is 0 Å². The fourth-order valence-electron chi connectivity index (χ4n) is 2.12. The van der Waals surface area contributed by atoms with E-state index in [-0.39, 0.29) is 18.6 Å². The van der Waals surface area contributed by atoms with E-state index in [0.717, 1.165) is 5.56 Å². The average Bonchev–Trinajstić information content (AvgIpc) is 3.07. The fraction of sp³-hybridized carbons (Fsp3) is 0.263. The summed E-state index contributed by atoms with van der Waals surface area (Å²) in [7, 11) is 0. The zero-order valence-electron chi connectivity index (χ0n) is 14.0. The Balaban J connectivity index is 1.80. The molecular formula is C19H21NO4. The SMILES string of the molecule is Cc1ccc([C@H](C)NC(=O)COC(=O)/C=C/c2ccco2)cc1C. The second-order valence-corrected chi connectivity index (χ2v) is 5.59. The van der Waals surface area contributed by atoms with Crippen molar-refractivity contribution in [1.29, 1.82) is 0 Å². The molecule has 0 aliphatic rings. The molecular weight excluding hydrogens is 306 g/mol. The number of carbonyl (C=O) groups excluding carboxylic acids is 2. The van der Waals surface area contributed by atoms with Crippen molar-refractivity contribution in [1.82, 2.24) is 5.32 Å². The molecule has 0 aliphatic carbocycles. The molecule has 0 saturated carbocycles. The summed E-state index contributed by atoms with van der Waals surface area (Å²) in [5, 5.41) is 2.81. The largest absolute Gasteiger partial charge is 0.465 e. The summed E-state index contributed by atoms with van der Waals surface area (Å²) in [5.74, 6) is -0.402. The Morgan fingerprint density at radius 2 is 2.04 bits per heavy atom. The molecule has 0 bridgehead atoms. The normalized spacial score (nSPS) is 12.1. The van der Waals surface area contributed by atoms with Crippen molar-refractivity contribution in [3.8, 4) is 0 Å². The number of nitrogens with one attached hydrogen (secondary N) is 1. The summed E-state index contributed by atoms with van der Waals surface area (Å²) in [4.78, 5) is 23.4. The molecule has 1 aromatic carbocycles. The van der Waals surface area contributed by atoms with Crippen LogP contribution < -0.4 is 5.32 Å². The number of hydrogen-bond acceptors (Lipinski definition) is 4. The van der Waals surface area contributed by atoms with Crippen LogP contribution in [0.5, 0.6) is 0 Å². The van der Waals surface area contributed by atoms with Crippen molar-refractivity contribution in [2.24, 2.45) is 0 Å². The minimum Gasteiger partial charge on any atom is -0.465 e. The Bertz CT molecular complexity index is 732. The van der Waals surface area contributed by atoms with Crippen molar-refractivity contribution >= 4 is 18.0 Å². The highest BCUT2D eigenvalue weighted by Gasteiger charge is 2.11. The Kier molecular flexibility index (Phi) is 5.95. The molecule has 24 heavy (non-hydrogen) atoms. The van der Waals surface area contributed by atoms with Gasteiger partial charge in [-0.2, -0.15) is 0 Å². The quantitative estimate of drug-likeness (QED) is 0.653. The number of esters is 1. The molecule has 2 aromatic rings. The van der Waals surface area contributed by atoms with Gasteiger partial charge in [0.25, 0.3) is 5.91 Å². The van der Waals surface area contributed by atoms with Crippen LogP contribution in [0.2, 0.25) is 0 Å². The lowest BCUT2D eigenvalue weighted by atomic mass is 10.0. The van der Waals surface area contributed by atoms with Gasteiger partial charge in [-0.05, 0) is 55.7 Å². The number of amides is 1.